The molecule has 156 valence electrons. The van der Waals surface area contributed by atoms with E-state index in [2.05, 4.69) is 20.3 Å². The number of ether oxygens (including phenoxy) is 1. The Morgan fingerprint density at radius 3 is 2.71 bits per heavy atom. The number of carbonyl (C=O) groups is 1. The molecule has 0 aliphatic rings. The predicted octanol–water partition coefficient (Wildman–Crippen LogP) is 4.66. The summed E-state index contributed by atoms with van der Waals surface area (Å²) in [5.41, 5.74) is 4.01. The van der Waals surface area contributed by atoms with E-state index in [1.807, 2.05) is 60.8 Å². The van der Waals surface area contributed by atoms with Gasteiger partial charge >= 0.3 is 6.03 Å². The van der Waals surface area contributed by atoms with Crippen LogP contribution < -0.4 is 10.1 Å². The number of methoxy groups -OCH3 is 1. The number of aromatic amines is 1. The first kappa shape index (κ1) is 20.1. The summed E-state index contributed by atoms with van der Waals surface area (Å²) in [6.45, 7) is 1.85. The summed E-state index contributed by atoms with van der Waals surface area (Å²) < 4.78 is 5.24. The van der Waals surface area contributed by atoms with Crippen LogP contribution in [0.5, 0.6) is 5.75 Å². The molecular weight excluding hydrogens is 392 g/mol. The van der Waals surface area contributed by atoms with Gasteiger partial charge in [0, 0.05) is 22.8 Å². The second kappa shape index (κ2) is 8.66. The number of benzene rings is 2. The Kier molecular flexibility index (Phi) is 5.61. The zero-order valence-corrected chi connectivity index (χ0v) is 17.2. The normalized spacial score (nSPS) is 10.6. The number of amidine groups is 1. The molecule has 8 heteroatoms. The molecule has 0 spiro atoms. The Bertz CT molecular complexity index is 1230. The average molecular weight is 414 g/mol. The van der Waals surface area contributed by atoms with Gasteiger partial charge in [0.25, 0.3) is 0 Å². The second-order valence-corrected chi connectivity index (χ2v) is 6.99. The molecule has 2 heterocycles. The van der Waals surface area contributed by atoms with E-state index in [0.29, 0.717) is 11.4 Å². The fourth-order valence-electron chi connectivity index (χ4n) is 3.30. The van der Waals surface area contributed by atoms with E-state index < -0.39 is 0 Å². The first-order valence-electron chi connectivity index (χ1n) is 9.70. The van der Waals surface area contributed by atoms with Crippen molar-refractivity contribution in [2.24, 2.45) is 0 Å². The van der Waals surface area contributed by atoms with Crippen molar-refractivity contribution in [1.82, 2.24) is 19.9 Å². The summed E-state index contributed by atoms with van der Waals surface area (Å²) >= 11 is 0. The van der Waals surface area contributed by atoms with Gasteiger partial charge < -0.3 is 15.0 Å². The molecule has 0 saturated heterocycles. The molecule has 0 aliphatic carbocycles. The third-order valence-corrected chi connectivity index (χ3v) is 4.89. The molecule has 0 unspecified atom stereocenters. The van der Waals surface area contributed by atoms with Crippen molar-refractivity contribution in [3.05, 3.63) is 72.7 Å². The molecule has 2 amide bonds. The minimum Gasteiger partial charge on any atom is -0.497 e. The number of nitrogens with one attached hydrogen (secondary N) is 3. The number of nitrogens with zero attached hydrogens (tertiary/aromatic N) is 3. The summed E-state index contributed by atoms with van der Waals surface area (Å²) in [7, 11) is 1.59. The Balaban J connectivity index is 1.50. The molecule has 0 aliphatic heterocycles. The number of hydrogen-bond donors (Lipinski definition) is 3. The van der Waals surface area contributed by atoms with Gasteiger partial charge in [0.2, 0.25) is 0 Å². The van der Waals surface area contributed by atoms with E-state index in [0.717, 1.165) is 27.9 Å². The number of amides is 2. The molecule has 31 heavy (non-hydrogen) atoms. The molecule has 0 saturated carbocycles. The topological polar surface area (TPSA) is 107 Å². The van der Waals surface area contributed by atoms with Crippen LogP contribution in [0.4, 0.5) is 10.5 Å². The van der Waals surface area contributed by atoms with E-state index >= 15 is 0 Å². The maximum Gasteiger partial charge on any atom is 0.327 e. The zero-order chi connectivity index (χ0) is 21.8. The molecule has 2 aromatic carbocycles. The van der Waals surface area contributed by atoms with Crippen LogP contribution in [0.15, 0.2) is 67.1 Å². The molecular formula is C23H22N6O2. The van der Waals surface area contributed by atoms with Gasteiger partial charge in [-0.05, 0) is 42.8 Å². The summed E-state index contributed by atoms with van der Waals surface area (Å²) in [5.74, 6) is 0.852. The lowest BCUT2D eigenvalue weighted by Crippen LogP contribution is -2.37. The van der Waals surface area contributed by atoms with Crippen LogP contribution in [0.3, 0.4) is 0 Å². The van der Waals surface area contributed by atoms with Crippen molar-refractivity contribution in [3.8, 4) is 17.0 Å². The Morgan fingerprint density at radius 1 is 1.16 bits per heavy atom. The summed E-state index contributed by atoms with van der Waals surface area (Å²) in [6.07, 6.45) is 3.35. The van der Waals surface area contributed by atoms with Crippen LogP contribution >= 0.6 is 0 Å². The zero-order valence-electron chi connectivity index (χ0n) is 17.2. The number of anilines is 1. The largest absolute Gasteiger partial charge is 0.497 e. The van der Waals surface area contributed by atoms with Gasteiger partial charge in [-0.3, -0.25) is 10.3 Å². The van der Waals surface area contributed by atoms with Crippen LogP contribution in [-0.4, -0.2) is 38.8 Å². The monoisotopic (exact) mass is 414 g/mol. The summed E-state index contributed by atoms with van der Waals surface area (Å²) in [4.78, 5) is 25.9. The summed E-state index contributed by atoms with van der Waals surface area (Å²) in [5, 5.41) is 11.8. The number of carbonyl (C=O) groups excluding carboxylic acids is 1. The average Bonchev–Trinajstić information content (AvgIpc) is 3.27. The van der Waals surface area contributed by atoms with Gasteiger partial charge in [-0.15, -0.1) is 0 Å². The minimum absolute atomic E-state index is 0.146. The first-order chi connectivity index (χ1) is 15.0. The van der Waals surface area contributed by atoms with Crippen molar-refractivity contribution in [2.45, 2.75) is 13.5 Å². The molecule has 0 atom stereocenters. The fourth-order valence-corrected chi connectivity index (χ4v) is 3.30. The van der Waals surface area contributed by atoms with Crippen molar-refractivity contribution < 1.29 is 9.53 Å². The van der Waals surface area contributed by atoms with Crippen LogP contribution in [-0.2, 0) is 6.54 Å². The van der Waals surface area contributed by atoms with E-state index in [9.17, 15) is 4.79 Å². The molecule has 2 aromatic heterocycles. The van der Waals surface area contributed by atoms with Crippen molar-refractivity contribution in [2.75, 3.05) is 12.4 Å². The quantitative estimate of drug-likeness (QED) is 0.326. The second-order valence-electron chi connectivity index (χ2n) is 6.99. The van der Waals surface area contributed by atoms with Gasteiger partial charge in [0.1, 0.15) is 23.6 Å². The van der Waals surface area contributed by atoms with Crippen molar-refractivity contribution in [3.63, 3.8) is 0 Å². The van der Waals surface area contributed by atoms with Crippen LogP contribution in [0.2, 0.25) is 0 Å². The minimum atomic E-state index is -0.377. The highest BCUT2D eigenvalue weighted by molar-refractivity contribution is 6.01. The van der Waals surface area contributed by atoms with Gasteiger partial charge in [-0.1, -0.05) is 24.3 Å². The first-order valence-corrected chi connectivity index (χ1v) is 9.70. The molecule has 0 fully saturated rings. The highest BCUT2D eigenvalue weighted by Gasteiger charge is 2.17. The molecule has 0 radical (unpaired) electrons. The number of fused-ring (bicyclic) bond motifs is 1. The van der Waals surface area contributed by atoms with E-state index in [1.165, 1.54) is 11.2 Å². The molecule has 0 bridgehead atoms. The van der Waals surface area contributed by atoms with Gasteiger partial charge in [0.05, 0.1) is 19.3 Å². The Hall–Kier alpha value is -4.20. The van der Waals surface area contributed by atoms with Gasteiger partial charge in [-0.2, -0.15) is 0 Å². The van der Waals surface area contributed by atoms with E-state index in [1.54, 1.807) is 14.0 Å². The summed E-state index contributed by atoms with van der Waals surface area (Å²) in [6, 6.07) is 16.4. The van der Waals surface area contributed by atoms with Gasteiger partial charge in [-0.25, -0.2) is 14.8 Å². The maximum absolute atomic E-state index is 12.8. The maximum atomic E-state index is 12.8. The fraction of sp³-hybridized carbons (Fsp3) is 0.130. The van der Waals surface area contributed by atoms with Crippen LogP contribution in [0.25, 0.3) is 22.3 Å². The van der Waals surface area contributed by atoms with Gasteiger partial charge in [0.15, 0.2) is 0 Å². The smallest absolute Gasteiger partial charge is 0.327 e. The molecule has 8 nitrogen and oxygen atoms in total. The number of hydrogen-bond acceptors (Lipinski definition) is 5. The third kappa shape index (κ3) is 4.37. The number of H-pyrrole nitrogens is 1. The number of urea groups is 1. The van der Waals surface area contributed by atoms with Crippen LogP contribution in [0.1, 0.15) is 12.5 Å². The highest BCUT2D eigenvalue weighted by atomic mass is 16.5. The Labute approximate surface area is 179 Å². The standard InChI is InChI=1S/C23H22N6O2/c1-15(24)29(13-16-4-3-5-19(12-16)31-2)23(30)28-18-8-6-17(7-9-18)21-20-10-11-25-22(20)27-14-26-21/h3-12,14,24H,13H2,1-2H3,(H,28,30)(H,25,26,27). The third-order valence-electron chi connectivity index (χ3n) is 4.89. The van der Waals surface area contributed by atoms with Crippen molar-refractivity contribution in [1.29, 1.82) is 5.41 Å². The lowest BCUT2D eigenvalue weighted by atomic mass is 10.1. The number of rotatable bonds is 5. The molecule has 3 N–H and O–H groups in total. The SMILES string of the molecule is COc1cccc(CN(C(C)=N)C(=O)Nc2ccc(-c3ncnc4[nH]ccc34)cc2)c1. The number of aromatic nitrogens is 3. The molecule has 4 aromatic rings. The van der Waals surface area contributed by atoms with E-state index in [4.69, 9.17) is 10.1 Å². The lowest BCUT2D eigenvalue weighted by Gasteiger charge is -2.22. The predicted molar refractivity (Wildman–Crippen MR) is 120 cm³/mol. The van der Waals surface area contributed by atoms with Crippen LogP contribution in [0, 0.1) is 5.41 Å². The molecule has 4 rings (SSSR count). The Morgan fingerprint density at radius 2 is 1.97 bits per heavy atom. The van der Waals surface area contributed by atoms with Crippen molar-refractivity contribution >= 4 is 28.6 Å². The lowest BCUT2D eigenvalue weighted by molar-refractivity contribution is 0.232. The van der Waals surface area contributed by atoms with E-state index in [-0.39, 0.29) is 18.4 Å². The highest BCUT2D eigenvalue weighted by Crippen LogP contribution is 2.26.